The fourth-order valence-corrected chi connectivity index (χ4v) is 2.58. The zero-order valence-electron chi connectivity index (χ0n) is 16.0. The van der Waals surface area contributed by atoms with Crippen LogP contribution in [-0.4, -0.2) is 46.8 Å². The number of rotatable bonds is 9. The van der Waals surface area contributed by atoms with Gasteiger partial charge >= 0.3 is 5.97 Å². The molecule has 0 radical (unpaired) electrons. The quantitative estimate of drug-likeness (QED) is 0.479. The molecule has 2 rings (SSSR count). The molecule has 0 unspecified atom stereocenters. The van der Waals surface area contributed by atoms with Gasteiger partial charge in [-0.1, -0.05) is 0 Å². The number of ether oxygens (including phenoxy) is 5. The predicted octanol–water partition coefficient (Wildman–Crippen LogP) is 2.83. The molecule has 28 heavy (non-hydrogen) atoms. The van der Waals surface area contributed by atoms with Crippen molar-refractivity contribution >= 4 is 11.8 Å². The largest absolute Gasteiger partial charge is 0.496 e. The first-order valence-corrected chi connectivity index (χ1v) is 8.24. The zero-order chi connectivity index (χ0) is 20.7. The maximum Gasteiger partial charge on any atom is 0.310 e. The van der Waals surface area contributed by atoms with Gasteiger partial charge in [-0.3, -0.25) is 9.59 Å². The molecule has 0 atom stereocenters. The first-order valence-electron chi connectivity index (χ1n) is 8.24. The lowest BCUT2D eigenvalue weighted by molar-refractivity contribution is -0.141. The molecule has 0 saturated heterocycles. The molecule has 0 saturated carbocycles. The summed E-state index contributed by atoms with van der Waals surface area (Å²) in [5.74, 6) is -0.418. The third-order valence-electron chi connectivity index (χ3n) is 3.90. The minimum Gasteiger partial charge on any atom is -0.496 e. The Morgan fingerprint density at radius 3 is 2.00 bits per heavy atom. The van der Waals surface area contributed by atoms with Gasteiger partial charge in [0.25, 0.3) is 0 Å². The van der Waals surface area contributed by atoms with Crippen molar-refractivity contribution in [3.63, 3.8) is 0 Å². The van der Waals surface area contributed by atoms with E-state index in [9.17, 15) is 14.0 Å². The van der Waals surface area contributed by atoms with Crippen LogP contribution in [0.25, 0.3) is 0 Å². The molecule has 0 aromatic heterocycles. The summed E-state index contributed by atoms with van der Waals surface area (Å²) in [7, 11) is 5.76. The Morgan fingerprint density at radius 2 is 1.46 bits per heavy atom. The van der Waals surface area contributed by atoms with Crippen molar-refractivity contribution in [2.24, 2.45) is 0 Å². The number of esters is 1. The zero-order valence-corrected chi connectivity index (χ0v) is 16.0. The van der Waals surface area contributed by atoms with Gasteiger partial charge in [-0.05, 0) is 35.9 Å². The van der Waals surface area contributed by atoms with Crippen LogP contribution in [0.3, 0.4) is 0 Å². The second-order valence-electron chi connectivity index (χ2n) is 5.64. The Labute approximate surface area is 161 Å². The third-order valence-corrected chi connectivity index (χ3v) is 3.90. The lowest BCUT2D eigenvalue weighted by Crippen LogP contribution is -2.16. The molecule has 0 aliphatic carbocycles. The van der Waals surface area contributed by atoms with E-state index in [4.69, 9.17) is 23.7 Å². The molecular weight excluding hydrogens is 371 g/mol. The average molecular weight is 392 g/mol. The Kier molecular flexibility index (Phi) is 7.20. The second kappa shape index (κ2) is 9.59. The highest BCUT2D eigenvalue weighted by Gasteiger charge is 2.18. The van der Waals surface area contributed by atoms with Crippen LogP contribution < -0.4 is 18.9 Å². The van der Waals surface area contributed by atoms with Gasteiger partial charge in [-0.2, -0.15) is 0 Å². The molecular formula is C20H21FO7. The van der Waals surface area contributed by atoms with Crippen LogP contribution in [0.1, 0.15) is 15.9 Å². The van der Waals surface area contributed by atoms with Crippen LogP contribution in [0.15, 0.2) is 30.3 Å². The highest BCUT2D eigenvalue weighted by Crippen LogP contribution is 2.38. The Morgan fingerprint density at radius 1 is 0.857 bits per heavy atom. The smallest absolute Gasteiger partial charge is 0.310 e. The third kappa shape index (κ3) is 4.91. The summed E-state index contributed by atoms with van der Waals surface area (Å²) in [4.78, 5) is 24.4. The summed E-state index contributed by atoms with van der Waals surface area (Å²) < 4.78 is 39.1. The monoisotopic (exact) mass is 392 g/mol. The van der Waals surface area contributed by atoms with Gasteiger partial charge in [0.15, 0.2) is 18.1 Å². The summed E-state index contributed by atoms with van der Waals surface area (Å²) in [6.07, 6.45) is -0.121. The minimum atomic E-state index is -0.641. The van der Waals surface area contributed by atoms with Crippen LogP contribution in [-0.2, 0) is 16.0 Å². The van der Waals surface area contributed by atoms with Gasteiger partial charge in [0.1, 0.15) is 11.6 Å². The van der Waals surface area contributed by atoms with E-state index in [0.717, 1.165) is 6.07 Å². The highest BCUT2D eigenvalue weighted by atomic mass is 19.1. The van der Waals surface area contributed by atoms with Gasteiger partial charge in [-0.25, -0.2) is 4.39 Å². The van der Waals surface area contributed by atoms with Crippen molar-refractivity contribution in [1.82, 2.24) is 0 Å². The van der Waals surface area contributed by atoms with Crippen LogP contribution >= 0.6 is 0 Å². The molecule has 0 heterocycles. The van der Waals surface area contributed by atoms with Crippen molar-refractivity contribution < 1.29 is 37.7 Å². The van der Waals surface area contributed by atoms with E-state index in [2.05, 4.69) is 0 Å². The topological polar surface area (TPSA) is 80.3 Å². The Balaban J connectivity index is 2.07. The van der Waals surface area contributed by atoms with Crippen molar-refractivity contribution in [3.05, 3.63) is 47.3 Å². The van der Waals surface area contributed by atoms with Crippen molar-refractivity contribution in [3.8, 4) is 23.0 Å². The highest BCUT2D eigenvalue weighted by molar-refractivity contribution is 6.00. The standard InChI is InChI=1S/C20H21FO7/c1-24-16-6-5-13(21)10-14(16)15(22)11-28-19(23)9-12-7-17(25-2)20(27-4)18(8-12)26-3/h5-8,10H,9,11H2,1-4H3. The molecule has 2 aromatic rings. The molecule has 8 heteroatoms. The van der Waals surface area contributed by atoms with Gasteiger partial charge < -0.3 is 23.7 Å². The molecule has 0 aliphatic heterocycles. The predicted molar refractivity (Wildman–Crippen MR) is 98.0 cm³/mol. The Hall–Kier alpha value is -3.29. The lowest BCUT2D eigenvalue weighted by atomic mass is 10.1. The van der Waals surface area contributed by atoms with Crippen molar-refractivity contribution in [1.29, 1.82) is 0 Å². The number of ketones is 1. The van der Waals surface area contributed by atoms with Crippen LogP contribution in [0, 0.1) is 5.82 Å². The number of carbonyl (C=O) groups excluding carboxylic acids is 2. The number of methoxy groups -OCH3 is 4. The minimum absolute atomic E-state index is 0.00286. The summed E-state index contributed by atoms with van der Waals surface area (Å²) in [5.41, 5.74) is 0.554. The molecule has 2 aromatic carbocycles. The van der Waals surface area contributed by atoms with Gasteiger partial charge in [0, 0.05) is 0 Å². The molecule has 0 N–H and O–H groups in total. The number of hydrogen-bond donors (Lipinski definition) is 0. The van der Waals surface area contributed by atoms with Crippen LogP contribution in [0.5, 0.6) is 23.0 Å². The summed E-state index contributed by atoms with van der Waals surface area (Å²) in [6, 6.07) is 6.76. The number of halogens is 1. The summed E-state index contributed by atoms with van der Waals surface area (Å²) >= 11 is 0. The molecule has 0 amide bonds. The second-order valence-corrected chi connectivity index (χ2v) is 5.64. The first kappa shape index (κ1) is 21.0. The molecule has 0 spiro atoms. The van der Waals surface area contributed by atoms with E-state index >= 15 is 0 Å². The van der Waals surface area contributed by atoms with Crippen molar-refractivity contribution in [2.75, 3.05) is 35.0 Å². The van der Waals surface area contributed by atoms with Gasteiger partial charge in [-0.15, -0.1) is 0 Å². The molecule has 0 fully saturated rings. The molecule has 7 nitrogen and oxygen atoms in total. The first-order chi connectivity index (χ1) is 13.4. The summed E-state index contributed by atoms with van der Waals surface area (Å²) in [5, 5.41) is 0. The number of hydrogen-bond acceptors (Lipinski definition) is 7. The van der Waals surface area contributed by atoms with E-state index in [1.807, 2.05) is 0 Å². The lowest BCUT2D eigenvalue weighted by Gasteiger charge is -2.14. The van der Waals surface area contributed by atoms with Gasteiger partial charge in [0.2, 0.25) is 11.5 Å². The molecule has 0 bridgehead atoms. The molecule has 150 valence electrons. The SMILES string of the molecule is COc1ccc(F)cc1C(=O)COC(=O)Cc1cc(OC)c(OC)c(OC)c1. The van der Waals surface area contributed by atoms with E-state index in [1.54, 1.807) is 12.1 Å². The fourth-order valence-electron chi connectivity index (χ4n) is 2.58. The van der Waals surface area contributed by atoms with E-state index in [1.165, 1.54) is 40.6 Å². The number of Topliss-reactive ketones (excluding diaryl/α,β-unsaturated/α-hetero) is 1. The maximum absolute atomic E-state index is 13.4. The number of benzene rings is 2. The van der Waals surface area contributed by atoms with E-state index in [0.29, 0.717) is 22.8 Å². The fraction of sp³-hybridized carbons (Fsp3) is 0.300. The van der Waals surface area contributed by atoms with Crippen LogP contribution in [0.2, 0.25) is 0 Å². The Bertz CT molecular complexity index is 839. The summed E-state index contributed by atoms with van der Waals surface area (Å²) in [6.45, 7) is -0.539. The van der Waals surface area contributed by atoms with Crippen molar-refractivity contribution in [2.45, 2.75) is 6.42 Å². The van der Waals surface area contributed by atoms with Crippen LogP contribution in [0.4, 0.5) is 4.39 Å². The van der Waals surface area contributed by atoms with Gasteiger partial charge in [0.05, 0.1) is 40.4 Å². The normalized spacial score (nSPS) is 10.2. The average Bonchev–Trinajstić information content (AvgIpc) is 2.71. The maximum atomic E-state index is 13.4. The molecule has 0 aliphatic rings. The number of carbonyl (C=O) groups is 2. The van der Waals surface area contributed by atoms with E-state index in [-0.39, 0.29) is 17.7 Å². The van der Waals surface area contributed by atoms with E-state index < -0.39 is 24.2 Å².